The molecule has 5 rings (SSSR count). The fourth-order valence-electron chi connectivity index (χ4n) is 3.39. The molecule has 3 heterocycles. The number of H-pyrrole nitrogens is 1. The summed E-state index contributed by atoms with van der Waals surface area (Å²) in [6, 6.07) is 15.1. The highest BCUT2D eigenvalue weighted by molar-refractivity contribution is 7.98. The van der Waals surface area contributed by atoms with E-state index in [1.165, 1.54) is 23.1 Å². The van der Waals surface area contributed by atoms with Crippen LogP contribution in [0, 0.1) is 0 Å². The fourth-order valence-corrected chi connectivity index (χ4v) is 5.38. The lowest BCUT2D eigenvalue weighted by Crippen LogP contribution is -2.11. The molecule has 5 aromatic rings. The van der Waals surface area contributed by atoms with Crippen LogP contribution in [0.2, 0.25) is 5.02 Å². The summed E-state index contributed by atoms with van der Waals surface area (Å²) in [5.41, 5.74) is 2.26. The monoisotopic (exact) mass is 481 g/mol. The van der Waals surface area contributed by atoms with Crippen LogP contribution in [0.4, 0.5) is 0 Å². The Labute approximate surface area is 196 Å². The zero-order chi connectivity index (χ0) is 22.1. The maximum absolute atomic E-state index is 12.9. The van der Waals surface area contributed by atoms with Crippen LogP contribution >= 0.6 is 34.7 Å². The smallest absolute Gasteiger partial charge is 0.260 e. The minimum Gasteiger partial charge on any atom is -0.495 e. The number of hydrogen-bond acceptors (Lipinski definition) is 7. The number of aromatic nitrogens is 5. The number of benzene rings is 2. The van der Waals surface area contributed by atoms with Crippen molar-refractivity contribution in [3.8, 4) is 22.6 Å². The summed E-state index contributed by atoms with van der Waals surface area (Å²) in [5.74, 6) is 1.71. The molecule has 0 amide bonds. The van der Waals surface area contributed by atoms with Gasteiger partial charge in [-0.1, -0.05) is 53.7 Å². The Kier molecular flexibility index (Phi) is 5.69. The van der Waals surface area contributed by atoms with E-state index in [1.807, 2.05) is 58.5 Å². The molecule has 0 aliphatic heterocycles. The number of nitrogens with zero attached hydrogens (tertiary/aromatic N) is 4. The van der Waals surface area contributed by atoms with Gasteiger partial charge in [0.05, 0.1) is 23.9 Å². The first-order valence-corrected chi connectivity index (χ1v) is 11.8. The molecule has 32 heavy (non-hydrogen) atoms. The van der Waals surface area contributed by atoms with Crippen LogP contribution in [0.1, 0.15) is 5.82 Å². The van der Waals surface area contributed by atoms with Crippen molar-refractivity contribution in [1.82, 2.24) is 24.7 Å². The van der Waals surface area contributed by atoms with Gasteiger partial charge in [0, 0.05) is 21.5 Å². The van der Waals surface area contributed by atoms with Crippen molar-refractivity contribution in [3.05, 3.63) is 81.4 Å². The van der Waals surface area contributed by atoms with Crippen molar-refractivity contribution < 1.29 is 4.74 Å². The van der Waals surface area contributed by atoms with E-state index in [2.05, 4.69) is 20.2 Å². The second-order valence-electron chi connectivity index (χ2n) is 6.77. The van der Waals surface area contributed by atoms with Gasteiger partial charge in [0.2, 0.25) is 0 Å². The predicted octanol–water partition coefficient (Wildman–Crippen LogP) is 5.19. The van der Waals surface area contributed by atoms with Gasteiger partial charge in [-0.2, -0.15) is 0 Å². The zero-order valence-electron chi connectivity index (χ0n) is 16.8. The number of thioether (sulfide) groups is 1. The maximum atomic E-state index is 12.9. The van der Waals surface area contributed by atoms with Crippen LogP contribution in [-0.2, 0) is 5.75 Å². The summed E-state index contributed by atoms with van der Waals surface area (Å²) < 4.78 is 7.29. The third-order valence-electron chi connectivity index (χ3n) is 4.86. The van der Waals surface area contributed by atoms with Crippen LogP contribution in [0.5, 0.6) is 5.75 Å². The Morgan fingerprint density at radius 1 is 1.16 bits per heavy atom. The third-order valence-corrected chi connectivity index (χ3v) is 7.01. The molecule has 2 aromatic carbocycles. The topological polar surface area (TPSA) is 85.7 Å². The molecule has 0 aliphatic rings. The van der Waals surface area contributed by atoms with Gasteiger partial charge in [-0.25, -0.2) is 4.98 Å². The van der Waals surface area contributed by atoms with E-state index in [4.69, 9.17) is 16.3 Å². The second kappa shape index (κ2) is 8.78. The van der Waals surface area contributed by atoms with Crippen molar-refractivity contribution in [2.45, 2.75) is 10.9 Å². The lowest BCUT2D eigenvalue weighted by molar-refractivity contribution is 0.412. The van der Waals surface area contributed by atoms with Crippen LogP contribution < -0.4 is 10.3 Å². The van der Waals surface area contributed by atoms with Crippen molar-refractivity contribution in [1.29, 1.82) is 0 Å². The molecule has 1 N–H and O–H groups in total. The summed E-state index contributed by atoms with van der Waals surface area (Å²) in [6.45, 7) is 0. The summed E-state index contributed by atoms with van der Waals surface area (Å²) in [6.07, 6.45) is 1.63. The van der Waals surface area contributed by atoms with Gasteiger partial charge in [0.15, 0.2) is 5.16 Å². The molecule has 160 valence electrons. The van der Waals surface area contributed by atoms with E-state index < -0.39 is 0 Å². The van der Waals surface area contributed by atoms with E-state index in [0.717, 1.165) is 16.8 Å². The molecule has 0 bridgehead atoms. The standard InChI is InChI=1S/C22H16ClN5O2S2/c1-30-17-9-5-4-8-16(17)28-12-24-27-22(28)32-11-18-25-20(29)19-14(10-31-21(19)26-18)13-6-2-3-7-15(13)23/h2-10,12H,11H2,1H3,(H,25,26,29). The van der Waals surface area contributed by atoms with E-state index in [-0.39, 0.29) is 5.56 Å². The maximum Gasteiger partial charge on any atom is 0.260 e. The third kappa shape index (κ3) is 3.79. The van der Waals surface area contributed by atoms with Crippen LogP contribution in [0.15, 0.2) is 70.2 Å². The van der Waals surface area contributed by atoms with Crippen molar-refractivity contribution >= 4 is 44.9 Å². The Bertz CT molecular complexity index is 1480. The van der Waals surface area contributed by atoms with Gasteiger partial charge in [-0.15, -0.1) is 21.5 Å². The summed E-state index contributed by atoms with van der Waals surface area (Å²) >= 11 is 9.19. The van der Waals surface area contributed by atoms with Gasteiger partial charge in [-0.3, -0.25) is 9.36 Å². The lowest BCUT2D eigenvalue weighted by atomic mass is 10.1. The average molecular weight is 482 g/mol. The van der Waals surface area contributed by atoms with E-state index >= 15 is 0 Å². The van der Waals surface area contributed by atoms with Gasteiger partial charge in [0.1, 0.15) is 22.7 Å². The molecule has 0 fully saturated rings. The quantitative estimate of drug-likeness (QED) is 0.336. The molecular weight excluding hydrogens is 466 g/mol. The van der Waals surface area contributed by atoms with Gasteiger partial charge in [0.25, 0.3) is 5.56 Å². The SMILES string of the molecule is COc1ccccc1-n1cnnc1SCc1nc2scc(-c3ccccc3Cl)c2c(=O)[nH]1. The van der Waals surface area contributed by atoms with Gasteiger partial charge < -0.3 is 9.72 Å². The number of aromatic amines is 1. The molecule has 0 unspecified atom stereocenters. The fraction of sp³-hybridized carbons (Fsp3) is 0.0909. The molecule has 10 heteroatoms. The number of fused-ring (bicyclic) bond motifs is 1. The number of methoxy groups -OCH3 is 1. The lowest BCUT2D eigenvalue weighted by Gasteiger charge is -2.10. The van der Waals surface area contributed by atoms with Gasteiger partial charge in [-0.05, 0) is 18.2 Å². The molecule has 0 atom stereocenters. The Balaban J connectivity index is 1.44. The molecule has 0 aliphatic carbocycles. The number of nitrogens with one attached hydrogen (secondary N) is 1. The number of hydrogen-bond donors (Lipinski definition) is 1. The average Bonchev–Trinajstić information content (AvgIpc) is 3.45. The highest BCUT2D eigenvalue weighted by Crippen LogP contribution is 2.35. The minimum atomic E-state index is -0.187. The van der Waals surface area contributed by atoms with Crippen molar-refractivity contribution in [3.63, 3.8) is 0 Å². The normalized spacial score (nSPS) is 11.2. The molecule has 0 radical (unpaired) electrons. The molecule has 0 saturated carbocycles. The number of rotatable bonds is 6. The predicted molar refractivity (Wildman–Crippen MR) is 128 cm³/mol. The molecule has 0 saturated heterocycles. The number of ether oxygens (including phenoxy) is 1. The van der Waals surface area contributed by atoms with E-state index in [1.54, 1.807) is 13.4 Å². The molecule has 0 spiro atoms. The van der Waals surface area contributed by atoms with E-state index in [0.29, 0.717) is 37.7 Å². The highest BCUT2D eigenvalue weighted by atomic mass is 35.5. The number of halogens is 1. The van der Waals surface area contributed by atoms with Crippen molar-refractivity contribution in [2.24, 2.45) is 0 Å². The first-order chi connectivity index (χ1) is 15.7. The van der Waals surface area contributed by atoms with Crippen LogP contribution in [0.3, 0.4) is 0 Å². The largest absolute Gasteiger partial charge is 0.495 e. The number of para-hydroxylation sites is 2. The Morgan fingerprint density at radius 2 is 1.97 bits per heavy atom. The Hall–Kier alpha value is -3.14. The Morgan fingerprint density at radius 3 is 2.81 bits per heavy atom. The summed E-state index contributed by atoms with van der Waals surface area (Å²) in [7, 11) is 1.62. The first-order valence-electron chi connectivity index (χ1n) is 9.57. The highest BCUT2D eigenvalue weighted by Gasteiger charge is 2.16. The first kappa shape index (κ1) is 20.7. The minimum absolute atomic E-state index is 0.187. The second-order valence-corrected chi connectivity index (χ2v) is 8.97. The molecule has 3 aromatic heterocycles. The molecular formula is C22H16ClN5O2S2. The summed E-state index contributed by atoms with van der Waals surface area (Å²) in [5, 5.41) is 12.0. The van der Waals surface area contributed by atoms with E-state index in [9.17, 15) is 4.79 Å². The van der Waals surface area contributed by atoms with Crippen LogP contribution in [0.25, 0.3) is 27.0 Å². The van der Waals surface area contributed by atoms with Gasteiger partial charge >= 0.3 is 0 Å². The van der Waals surface area contributed by atoms with Crippen molar-refractivity contribution in [2.75, 3.05) is 7.11 Å². The summed E-state index contributed by atoms with van der Waals surface area (Å²) in [4.78, 5) is 21.1. The molecule has 7 nitrogen and oxygen atoms in total. The zero-order valence-corrected chi connectivity index (χ0v) is 19.2. The number of thiophene rings is 1. The van der Waals surface area contributed by atoms with Crippen LogP contribution in [-0.4, -0.2) is 31.8 Å².